The number of nitrogens with zero attached hydrogens (tertiary/aromatic N) is 2. The Balaban J connectivity index is 2.18. The van der Waals surface area contributed by atoms with Crippen molar-refractivity contribution in [2.45, 2.75) is 12.8 Å². The highest BCUT2D eigenvalue weighted by molar-refractivity contribution is 6.43. The first kappa shape index (κ1) is 14.7. The van der Waals surface area contributed by atoms with Gasteiger partial charge in [0.2, 0.25) is 5.91 Å². The Morgan fingerprint density at radius 2 is 1.95 bits per heavy atom. The van der Waals surface area contributed by atoms with E-state index in [1.807, 2.05) is 0 Å². The normalized spacial score (nSPS) is 14.0. The lowest BCUT2D eigenvalue weighted by Crippen LogP contribution is -2.33. The van der Waals surface area contributed by atoms with E-state index in [1.165, 1.54) is 4.90 Å². The van der Waals surface area contributed by atoms with Crippen molar-refractivity contribution < 1.29 is 14.4 Å². The lowest BCUT2D eigenvalue weighted by Gasteiger charge is -2.16. The quantitative estimate of drug-likeness (QED) is 0.853. The second-order valence-corrected chi connectivity index (χ2v) is 4.79. The fourth-order valence-corrected chi connectivity index (χ4v) is 1.85. The van der Waals surface area contributed by atoms with Crippen LogP contribution < -0.4 is 10.7 Å². The molecule has 110 valence electrons. The van der Waals surface area contributed by atoms with Crippen LogP contribution in [-0.2, 0) is 9.59 Å². The average Bonchev–Trinajstić information content (AvgIpc) is 2.47. The molecule has 7 heteroatoms. The maximum atomic E-state index is 12.1. The van der Waals surface area contributed by atoms with Crippen LogP contribution in [0.15, 0.2) is 29.4 Å². The molecule has 1 aromatic carbocycles. The number of benzene rings is 1. The van der Waals surface area contributed by atoms with E-state index in [9.17, 15) is 14.4 Å². The van der Waals surface area contributed by atoms with Crippen LogP contribution in [0.25, 0.3) is 0 Å². The molecule has 1 aliphatic rings. The molecule has 0 spiro atoms. The topological polar surface area (TPSA) is 90.9 Å². The highest BCUT2D eigenvalue weighted by Gasteiger charge is 2.20. The summed E-state index contributed by atoms with van der Waals surface area (Å²) in [5, 5.41) is 6.39. The zero-order chi connectivity index (χ0) is 15.4. The van der Waals surface area contributed by atoms with Crippen molar-refractivity contribution in [3.8, 4) is 0 Å². The number of amides is 3. The molecular weight excluding hydrogens is 272 g/mol. The Bertz CT molecular complexity index is 622. The van der Waals surface area contributed by atoms with Crippen molar-refractivity contribution in [2.24, 2.45) is 5.10 Å². The Labute approximate surface area is 122 Å². The monoisotopic (exact) mass is 288 g/mol. The molecule has 1 aromatic rings. The van der Waals surface area contributed by atoms with Gasteiger partial charge in [-0.1, -0.05) is 12.1 Å². The first-order chi connectivity index (χ1) is 9.99. The summed E-state index contributed by atoms with van der Waals surface area (Å²) in [5.41, 5.74) is 3.32. The average molecular weight is 288 g/mol. The molecule has 0 saturated heterocycles. The summed E-state index contributed by atoms with van der Waals surface area (Å²) >= 11 is 0. The van der Waals surface area contributed by atoms with Gasteiger partial charge in [-0.2, -0.15) is 5.10 Å². The van der Waals surface area contributed by atoms with Crippen LogP contribution in [0.3, 0.4) is 0 Å². The zero-order valence-corrected chi connectivity index (χ0v) is 11.8. The van der Waals surface area contributed by atoms with Gasteiger partial charge in [0.15, 0.2) is 0 Å². The summed E-state index contributed by atoms with van der Waals surface area (Å²) in [6, 6.07) is 6.75. The van der Waals surface area contributed by atoms with E-state index < -0.39 is 5.91 Å². The number of carbonyl (C=O) groups is 3. The van der Waals surface area contributed by atoms with Crippen molar-refractivity contribution in [3.05, 3.63) is 29.8 Å². The number of hydrogen-bond donors (Lipinski definition) is 2. The van der Waals surface area contributed by atoms with Gasteiger partial charge in [0.05, 0.1) is 11.3 Å². The highest BCUT2D eigenvalue weighted by atomic mass is 16.2. The fourth-order valence-electron chi connectivity index (χ4n) is 1.85. The second kappa shape index (κ2) is 6.17. The van der Waals surface area contributed by atoms with Gasteiger partial charge >= 0.3 is 0 Å². The minimum Gasteiger partial charge on any atom is -0.345 e. The maximum absolute atomic E-state index is 12.1. The number of anilines is 1. The van der Waals surface area contributed by atoms with Gasteiger partial charge in [-0.3, -0.25) is 14.4 Å². The van der Waals surface area contributed by atoms with Crippen LogP contribution in [0.5, 0.6) is 0 Å². The summed E-state index contributed by atoms with van der Waals surface area (Å²) in [5.74, 6) is -0.839. The summed E-state index contributed by atoms with van der Waals surface area (Å²) in [7, 11) is 3.28. The predicted octanol–water partition coefficient (Wildman–Crippen LogP) is 0.593. The van der Waals surface area contributed by atoms with Crippen LogP contribution in [0.1, 0.15) is 23.2 Å². The Hall–Kier alpha value is -2.70. The number of hydrogen-bond acceptors (Lipinski definition) is 4. The molecule has 2 N–H and O–H groups in total. The highest BCUT2D eigenvalue weighted by Crippen LogP contribution is 2.17. The molecule has 0 atom stereocenters. The molecule has 0 aliphatic carbocycles. The van der Waals surface area contributed by atoms with Crippen molar-refractivity contribution >= 4 is 29.1 Å². The third-order valence-corrected chi connectivity index (χ3v) is 2.98. The summed E-state index contributed by atoms with van der Waals surface area (Å²) in [6.07, 6.45) is 0.506. The molecule has 0 aromatic heterocycles. The summed E-state index contributed by atoms with van der Waals surface area (Å²) in [6.45, 7) is 0. The van der Waals surface area contributed by atoms with Gasteiger partial charge in [0.1, 0.15) is 5.71 Å². The molecule has 0 saturated carbocycles. The van der Waals surface area contributed by atoms with E-state index in [0.717, 1.165) is 0 Å². The van der Waals surface area contributed by atoms with Crippen molar-refractivity contribution in [1.29, 1.82) is 0 Å². The van der Waals surface area contributed by atoms with Gasteiger partial charge in [0.25, 0.3) is 11.8 Å². The number of hydrazone groups is 1. The molecular formula is C14H16N4O3. The van der Waals surface area contributed by atoms with Gasteiger partial charge in [0, 0.05) is 26.9 Å². The molecule has 2 rings (SSSR count). The summed E-state index contributed by atoms with van der Waals surface area (Å²) < 4.78 is 0. The molecule has 3 amide bonds. The first-order valence-electron chi connectivity index (χ1n) is 6.46. The van der Waals surface area contributed by atoms with Crippen molar-refractivity contribution in [3.63, 3.8) is 0 Å². The number of carbonyl (C=O) groups excluding carboxylic acids is 3. The molecule has 0 bridgehead atoms. The molecule has 7 nitrogen and oxygen atoms in total. The molecule has 1 heterocycles. The maximum Gasteiger partial charge on any atom is 0.271 e. The predicted molar refractivity (Wildman–Crippen MR) is 77.9 cm³/mol. The third kappa shape index (κ3) is 3.44. The number of rotatable bonds is 3. The molecule has 1 aliphatic heterocycles. The zero-order valence-electron chi connectivity index (χ0n) is 11.8. The van der Waals surface area contributed by atoms with Gasteiger partial charge in [-0.15, -0.1) is 0 Å². The summed E-state index contributed by atoms with van der Waals surface area (Å²) in [4.78, 5) is 36.6. The van der Waals surface area contributed by atoms with Crippen LogP contribution in [0, 0.1) is 0 Å². The Morgan fingerprint density at radius 3 is 2.57 bits per heavy atom. The largest absolute Gasteiger partial charge is 0.345 e. The van der Waals surface area contributed by atoms with Crippen LogP contribution in [-0.4, -0.2) is 42.4 Å². The number of nitrogens with one attached hydrogen (secondary N) is 2. The molecule has 0 radical (unpaired) electrons. The molecule has 0 unspecified atom stereocenters. The Kier molecular flexibility index (Phi) is 4.32. The minimum atomic E-state index is -0.422. The SMILES string of the molecule is CN(C)C(=O)c1ccccc1NC(=O)C1=NNC(=O)CC1. The lowest BCUT2D eigenvalue weighted by molar-refractivity contribution is -0.121. The molecule has 0 fully saturated rings. The third-order valence-electron chi connectivity index (χ3n) is 2.98. The van der Waals surface area contributed by atoms with Gasteiger partial charge < -0.3 is 10.2 Å². The van der Waals surface area contributed by atoms with E-state index in [0.29, 0.717) is 11.3 Å². The van der Waals surface area contributed by atoms with E-state index in [2.05, 4.69) is 15.8 Å². The second-order valence-electron chi connectivity index (χ2n) is 4.79. The van der Waals surface area contributed by atoms with E-state index >= 15 is 0 Å². The van der Waals surface area contributed by atoms with Crippen molar-refractivity contribution in [1.82, 2.24) is 10.3 Å². The van der Waals surface area contributed by atoms with E-state index in [-0.39, 0.29) is 30.4 Å². The van der Waals surface area contributed by atoms with Gasteiger partial charge in [-0.25, -0.2) is 5.43 Å². The van der Waals surface area contributed by atoms with E-state index in [4.69, 9.17) is 0 Å². The van der Waals surface area contributed by atoms with Crippen LogP contribution >= 0.6 is 0 Å². The number of para-hydroxylation sites is 1. The van der Waals surface area contributed by atoms with E-state index in [1.54, 1.807) is 38.4 Å². The molecule has 21 heavy (non-hydrogen) atoms. The minimum absolute atomic E-state index is 0.204. The lowest BCUT2D eigenvalue weighted by atomic mass is 10.1. The fraction of sp³-hybridized carbons (Fsp3) is 0.286. The first-order valence-corrected chi connectivity index (χ1v) is 6.46. The van der Waals surface area contributed by atoms with Gasteiger partial charge in [-0.05, 0) is 12.1 Å². The standard InChI is InChI=1S/C14H16N4O3/c1-18(2)14(21)9-5-3-4-6-10(9)15-13(20)11-7-8-12(19)17-16-11/h3-6H,7-8H2,1-2H3,(H,15,20)(H,17,19). The smallest absolute Gasteiger partial charge is 0.271 e. The Morgan fingerprint density at radius 1 is 1.24 bits per heavy atom. The van der Waals surface area contributed by atoms with Crippen molar-refractivity contribution in [2.75, 3.05) is 19.4 Å². The van der Waals surface area contributed by atoms with Crippen LogP contribution in [0.2, 0.25) is 0 Å². The van der Waals surface area contributed by atoms with Crippen LogP contribution in [0.4, 0.5) is 5.69 Å².